The number of hydrogen-bond acceptors (Lipinski definition) is 7. The van der Waals surface area contributed by atoms with Crippen molar-refractivity contribution in [2.45, 2.75) is 19.9 Å². The number of nitrogens with one attached hydrogen (secondary N) is 1. The van der Waals surface area contributed by atoms with E-state index in [-0.39, 0.29) is 18.3 Å². The number of thiazole rings is 1. The van der Waals surface area contributed by atoms with Gasteiger partial charge in [-0.1, -0.05) is 0 Å². The second-order valence-electron chi connectivity index (χ2n) is 5.71. The first-order chi connectivity index (χ1) is 13.6. The Balaban J connectivity index is 2.06. The van der Waals surface area contributed by atoms with Crippen LogP contribution >= 0.6 is 11.3 Å². The Bertz CT molecular complexity index is 829. The van der Waals surface area contributed by atoms with Crippen LogP contribution in [0.3, 0.4) is 0 Å². The second-order valence-corrected chi connectivity index (χ2v) is 6.65. The van der Waals surface area contributed by atoms with Crippen molar-refractivity contribution >= 4 is 29.0 Å². The molecule has 1 N–H and O–H groups in total. The molecule has 1 aromatic heterocycles. The molecule has 2 amide bonds. The highest BCUT2D eigenvalue weighted by Crippen LogP contribution is 2.16. The van der Waals surface area contributed by atoms with Crippen molar-refractivity contribution in [1.82, 2.24) is 9.88 Å². The summed E-state index contributed by atoms with van der Waals surface area (Å²) in [6.45, 7) is 3.80. The van der Waals surface area contributed by atoms with E-state index in [1.807, 2.05) is 13.0 Å². The van der Waals surface area contributed by atoms with Crippen LogP contribution in [0.15, 0.2) is 29.6 Å². The monoisotopic (exact) mass is 402 g/mol. The number of benzene rings is 1. The quantitative estimate of drug-likeness (QED) is 0.510. The van der Waals surface area contributed by atoms with Gasteiger partial charge < -0.3 is 19.7 Å². The smallest absolute Gasteiger partial charge is 0.357 e. The number of rotatable bonds is 9. The lowest BCUT2D eigenvalue weighted by molar-refractivity contribution is 0.0594. The van der Waals surface area contributed by atoms with Crippen LogP contribution < -0.4 is 5.32 Å². The molecule has 0 radical (unpaired) electrons. The first-order valence-corrected chi connectivity index (χ1v) is 9.62. The standard InChI is InChI=1S/C19H22N4O4S/c1-3-27-10-4-9-23(12-17-22-16(13-28-17)18(24)26-2)19(25)21-15-7-5-14(11-20)6-8-15/h5-8,13H,3-4,9-10,12H2,1-2H3,(H,21,25). The Morgan fingerprint density at radius 2 is 2.07 bits per heavy atom. The number of esters is 1. The predicted octanol–water partition coefficient (Wildman–Crippen LogP) is 3.26. The fraction of sp³-hybridized carbons (Fsp3) is 0.368. The number of aromatic nitrogens is 1. The fourth-order valence-electron chi connectivity index (χ4n) is 2.33. The molecule has 0 fully saturated rings. The third kappa shape index (κ3) is 6.33. The maximum Gasteiger partial charge on any atom is 0.357 e. The summed E-state index contributed by atoms with van der Waals surface area (Å²) < 4.78 is 10.0. The Morgan fingerprint density at radius 1 is 1.32 bits per heavy atom. The Morgan fingerprint density at radius 3 is 2.71 bits per heavy atom. The van der Waals surface area contributed by atoms with Gasteiger partial charge in [-0.25, -0.2) is 14.6 Å². The third-order valence-electron chi connectivity index (χ3n) is 3.75. The molecule has 148 valence electrons. The molecule has 0 bridgehead atoms. The highest BCUT2D eigenvalue weighted by atomic mass is 32.1. The van der Waals surface area contributed by atoms with E-state index in [1.165, 1.54) is 18.4 Å². The number of urea groups is 1. The molecule has 0 aliphatic rings. The van der Waals surface area contributed by atoms with Crippen LogP contribution in [0.1, 0.15) is 34.4 Å². The summed E-state index contributed by atoms with van der Waals surface area (Å²) in [5, 5.41) is 13.9. The summed E-state index contributed by atoms with van der Waals surface area (Å²) in [6, 6.07) is 8.37. The van der Waals surface area contributed by atoms with Gasteiger partial charge in [-0.2, -0.15) is 5.26 Å². The molecule has 0 aliphatic carbocycles. The number of anilines is 1. The zero-order valence-corrected chi connectivity index (χ0v) is 16.6. The minimum absolute atomic E-state index is 0.226. The van der Waals surface area contributed by atoms with Crippen molar-refractivity contribution in [1.29, 1.82) is 5.26 Å². The number of carbonyl (C=O) groups excluding carboxylic acids is 2. The van der Waals surface area contributed by atoms with Crippen LogP contribution in [0.4, 0.5) is 10.5 Å². The van der Waals surface area contributed by atoms with E-state index in [2.05, 4.69) is 15.0 Å². The number of hydrogen-bond donors (Lipinski definition) is 1. The van der Waals surface area contributed by atoms with Crippen LogP contribution in [0.25, 0.3) is 0 Å². The summed E-state index contributed by atoms with van der Waals surface area (Å²) >= 11 is 1.29. The molecule has 0 atom stereocenters. The van der Waals surface area contributed by atoms with Gasteiger partial charge in [0.05, 0.1) is 25.3 Å². The van der Waals surface area contributed by atoms with Crippen molar-refractivity contribution in [2.24, 2.45) is 0 Å². The van der Waals surface area contributed by atoms with Gasteiger partial charge in [0.1, 0.15) is 5.01 Å². The maximum atomic E-state index is 12.7. The minimum atomic E-state index is -0.507. The normalized spacial score (nSPS) is 10.2. The lowest BCUT2D eigenvalue weighted by Crippen LogP contribution is -2.35. The summed E-state index contributed by atoms with van der Waals surface area (Å²) in [5.41, 5.74) is 1.34. The summed E-state index contributed by atoms with van der Waals surface area (Å²) in [6.07, 6.45) is 0.671. The molecular formula is C19H22N4O4S. The van der Waals surface area contributed by atoms with Gasteiger partial charge in [-0.05, 0) is 37.6 Å². The summed E-state index contributed by atoms with van der Waals surface area (Å²) in [7, 11) is 1.30. The molecule has 1 aromatic carbocycles. The van der Waals surface area contributed by atoms with Crippen molar-refractivity contribution < 1.29 is 19.1 Å². The van der Waals surface area contributed by atoms with E-state index < -0.39 is 5.97 Å². The van der Waals surface area contributed by atoms with Gasteiger partial charge >= 0.3 is 12.0 Å². The Labute approximate surface area is 167 Å². The van der Waals surface area contributed by atoms with Crippen molar-refractivity contribution in [2.75, 3.05) is 32.2 Å². The molecule has 1 heterocycles. The average molecular weight is 402 g/mol. The minimum Gasteiger partial charge on any atom is -0.464 e. The maximum absolute atomic E-state index is 12.7. The van der Waals surface area contributed by atoms with Crippen LogP contribution in [-0.2, 0) is 16.0 Å². The molecule has 28 heavy (non-hydrogen) atoms. The summed E-state index contributed by atoms with van der Waals surface area (Å²) in [4.78, 5) is 30.1. The second kappa shape index (κ2) is 11.0. The van der Waals surface area contributed by atoms with Crippen LogP contribution in [-0.4, -0.2) is 48.8 Å². The van der Waals surface area contributed by atoms with Crippen molar-refractivity contribution in [3.8, 4) is 6.07 Å². The van der Waals surface area contributed by atoms with E-state index in [0.29, 0.717) is 42.4 Å². The van der Waals surface area contributed by atoms with E-state index in [4.69, 9.17) is 10.00 Å². The van der Waals surface area contributed by atoms with Crippen LogP contribution in [0.2, 0.25) is 0 Å². The van der Waals surface area contributed by atoms with Crippen LogP contribution in [0.5, 0.6) is 0 Å². The Kier molecular flexibility index (Phi) is 8.39. The highest BCUT2D eigenvalue weighted by Gasteiger charge is 2.18. The summed E-state index contributed by atoms with van der Waals surface area (Å²) in [5.74, 6) is -0.507. The van der Waals surface area contributed by atoms with Gasteiger partial charge in [-0.3, -0.25) is 0 Å². The molecule has 0 spiro atoms. The highest BCUT2D eigenvalue weighted by molar-refractivity contribution is 7.09. The molecular weight excluding hydrogens is 380 g/mol. The van der Waals surface area contributed by atoms with Crippen LogP contribution in [0, 0.1) is 11.3 Å². The number of nitriles is 1. The molecule has 8 nitrogen and oxygen atoms in total. The van der Waals surface area contributed by atoms with E-state index >= 15 is 0 Å². The number of amides is 2. The number of methoxy groups -OCH3 is 1. The zero-order valence-electron chi connectivity index (χ0n) is 15.8. The number of ether oxygens (including phenoxy) is 2. The Hall–Kier alpha value is -2.96. The number of nitrogens with zero attached hydrogens (tertiary/aromatic N) is 3. The fourth-order valence-corrected chi connectivity index (χ4v) is 3.11. The molecule has 0 unspecified atom stereocenters. The van der Waals surface area contributed by atoms with Gasteiger partial charge in [0.25, 0.3) is 0 Å². The molecule has 0 aliphatic heterocycles. The SMILES string of the molecule is CCOCCCN(Cc1nc(C(=O)OC)cs1)C(=O)Nc1ccc(C#N)cc1. The molecule has 0 saturated heterocycles. The molecule has 2 rings (SSSR count). The first kappa shape index (κ1) is 21.3. The zero-order chi connectivity index (χ0) is 20.4. The molecule has 9 heteroatoms. The lowest BCUT2D eigenvalue weighted by Gasteiger charge is -2.22. The molecule has 2 aromatic rings. The average Bonchev–Trinajstić information content (AvgIpc) is 3.18. The van der Waals surface area contributed by atoms with E-state index in [9.17, 15) is 9.59 Å². The van der Waals surface area contributed by atoms with Crippen molar-refractivity contribution in [3.63, 3.8) is 0 Å². The number of carbonyl (C=O) groups is 2. The van der Waals surface area contributed by atoms with Gasteiger partial charge in [0, 0.05) is 30.8 Å². The molecule has 0 saturated carbocycles. The largest absolute Gasteiger partial charge is 0.464 e. The predicted molar refractivity (Wildman–Crippen MR) is 105 cm³/mol. The van der Waals surface area contributed by atoms with Gasteiger partial charge in [0.2, 0.25) is 0 Å². The first-order valence-electron chi connectivity index (χ1n) is 8.74. The lowest BCUT2D eigenvalue weighted by atomic mass is 10.2. The van der Waals surface area contributed by atoms with E-state index in [1.54, 1.807) is 34.5 Å². The topological polar surface area (TPSA) is 105 Å². The van der Waals surface area contributed by atoms with E-state index in [0.717, 1.165) is 0 Å². The van der Waals surface area contributed by atoms with Crippen molar-refractivity contribution in [3.05, 3.63) is 45.9 Å². The van der Waals surface area contributed by atoms with Gasteiger partial charge in [0.15, 0.2) is 5.69 Å². The van der Waals surface area contributed by atoms with Gasteiger partial charge in [-0.15, -0.1) is 11.3 Å². The third-order valence-corrected chi connectivity index (χ3v) is 4.58.